The van der Waals surface area contributed by atoms with E-state index < -0.39 is 6.10 Å². The molecule has 2 amide bonds. The topological polar surface area (TPSA) is 73.8 Å². The van der Waals surface area contributed by atoms with E-state index in [2.05, 4.69) is 15.5 Å². The summed E-state index contributed by atoms with van der Waals surface area (Å²) in [4.78, 5) is 14.3. The van der Waals surface area contributed by atoms with Crippen LogP contribution in [0.4, 0.5) is 16.2 Å². The highest BCUT2D eigenvalue weighted by Crippen LogP contribution is 2.20. The summed E-state index contributed by atoms with van der Waals surface area (Å²) in [6.45, 7) is 4.23. The fourth-order valence-electron chi connectivity index (χ4n) is 2.90. The molecule has 0 aliphatic carbocycles. The molecule has 1 unspecified atom stereocenters. The number of nitrogens with zero attached hydrogens (tertiary/aromatic N) is 1. The zero-order valence-electron chi connectivity index (χ0n) is 14.7. The average Bonchev–Trinajstić information content (AvgIpc) is 2.68. The maximum atomic E-state index is 12.0. The molecule has 1 saturated heterocycles. The van der Waals surface area contributed by atoms with Gasteiger partial charge in [-0.3, -0.25) is 4.90 Å². The number of hydrogen-bond acceptors (Lipinski definition) is 4. The molecule has 3 rings (SSSR count). The minimum absolute atomic E-state index is 0.295. The Kier molecular flexibility index (Phi) is 6.60. The van der Waals surface area contributed by atoms with Gasteiger partial charge in [0.15, 0.2) is 0 Å². The Morgan fingerprint density at radius 1 is 1.00 bits per heavy atom. The van der Waals surface area contributed by atoms with Crippen LogP contribution in [0.3, 0.4) is 0 Å². The molecule has 1 fully saturated rings. The van der Waals surface area contributed by atoms with Gasteiger partial charge in [-0.15, -0.1) is 0 Å². The van der Waals surface area contributed by atoms with Crippen LogP contribution < -0.4 is 10.6 Å². The zero-order valence-corrected chi connectivity index (χ0v) is 14.7. The van der Waals surface area contributed by atoms with E-state index in [4.69, 9.17) is 4.74 Å². The third-order valence-corrected chi connectivity index (χ3v) is 4.41. The lowest BCUT2D eigenvalue weighted by Gasteiger charge is -2.27. The van der Waals surface area contributed by atoms with E-state index >= 15 is 0 Å². The van der Waals surface area contributed by atoms with E-state index in [1.807, 2.05) is 42.5 Å². The standard InChI is InChI=1S/C20H25N3O3/c24-19(10-11-23-12-14-26-15-13-23)16-6-8-18(9-7-16)22-20(25)21-17-4-2-1-3-5-17/h1-9,19,24H,10-15H2,(H2,21,22,25). The van der Waals surface area contributed by atoms with E-state index in [0.717, 1.165) is 44.1 Å². The second-order valence-electron chi connectivity index (χ2n) is 6.33. The largest absolute Gasteiger partial charge is 0.388 e. The number of anilines is 2. The molecule has 1 aliphatic heterocycles. The molecule has 6 nitrogen and oxygen atoms in total. The first-order chi connectivity index (χ1) is 12.7. The molecule has 138 valence electrons. The van der Waals surface area contributed by atoms with Crippen molar-refractivity contribution < 1.29 is 14.6 Å². The van der Waals surface area contributed by atoms with Gasteiger partial charge in [0.25, 0.3) is 0 Å². The van der Waals surface area contributed by atoms with Gasteiger partial charge in [0.2, 0.25) is 0 Å². The van der Waals surface area contributed by atoms with Crippen molar-refractivity contribution in [2.45, 2.75) is 12.5 Å². The Balaban J connectivity index is 1.47. The number of morpholine rings is 1. The Bertz CT molecular complexity index is 685. The summed E-state index contributed by atoms with van der Waals surface area (Å²) < 4.78 is 5.33. The van der Waals surface area contributed by atoms with E-state index in [9.17, 15) is 9.90 Å². The Morgan fingerprint density at radius 3 is 2.27 bits per heavy atom. The molecule has 2 aromatic rings. The number of benzene rings is 2. The van der Waals surface area contributed by atoms with Gasteiger partial charge in [0.1, 0.15) is 0 Å². The Hall–Kier alpha value is -2.41. The Labute approximate surface area is 153 Å². The molecule has 1 heterocycles. The van der Waals surface area contributed by atoms with Crippen molar-refractivity contribution in [3.63, 3.8) is 0 Å². The number of aliphatic hydroxyl groups excluding tert-OH is 1. The maximum absolute atomic E-state index is 12.0. The summed E-state index contributed by atoms with van der Waals surface area (Å²) in [7, 11) is 0. The first-order valence-corrected chi connectivity index (χ1v) is 8.92. The third kappa shape index (κ3) is 5.56. The lowest BCUT2D eigenvalue weighted by atomic mass is 10.1. The van der Waals surface area contributed by atoms with Gasteiger partial charge < -0.3 is 20.5 Å². The van der Waals surface area contributed by atoms with Crippen molar-refractivity contribution in [1.29, 1.82) is 0 Å². The summed E-state index contributed by atoms with van der Waals surface area (Å²) in [5.41, 5.74) is 2.27. The smallest absolute Gasteiger partial charge is 0.323 e. The number of urea groups is 1. The van der Waals surface area contributed by atoms with Crippen LogP contribution in [0.2, 0.25) is 0 Å². The number of hydrogen-bond donors (Lipinski definition) is 3. The van der Waals surface area contributed by atoms with E-state index in [1.54, 1.807) is 12.1 Å². The van der Waals surface area contributed by atoms with Crippen molar-refractivity contribution in [3.8, 4) is 0 Å². The predicted molar refractivity (Wildman–Crippen MR) is 102 cm³/mol. The van der Waals surface area contributed by atoms with Gasteiger partial charge in [-0.25, -0.2) is 4.79 Å². The number of aliphatic hydroxyl groups is 1. The first kappa shape index (κ1) is 18.4. The molecule has 0 spiro atoms. The Morgan fingerprint density at radius 2 is 1.62 bits per heavy atom. The summed E-state index contributed by atoms with van der Waals surface area (Å²) in [6.07, 6.45) is 0.173. The lowest BCUT2D eigenvalue weighted by Crippen LogP contribution is -2.37. The van der Waals surface area contributed by atoms with Crippen LogP contribution >= 0.6 is 0 Å². The molecule has 2 aromatic carbocycles. The van der Waals surface area contributed by atoms with Gasteiger partial charge in [0.05, 0.1) is 19.3 Å². The van der Waals surface area contributed by atoms with E-state index in [-0.39, 0.29) is 6.03 Å². The fraction of sp³-hybridized carbons (Fsp3) is 0.350. The number of rotatable bonds is 6. The summed E-state index contributed by atoms with van der Waals surface area (Å²) in [6, 6.07) is 16.3. The number of amides is 2. The molecule has 6 heteroatoms. The van der Waals surface area contributed by atoms with Crippen molar-refractivity contribution in [2.75, 3.05) is 43.5 Å². The highest BCUT2D eigenvalue weighted by molar-refractivity contribution is 5.99. The summed E-state index contributed by atoms with van der Waals surface area (Å²) in [5.74, 6) is 0. The zero-order chi connectivity index (χ0) is 18.2. The normalized spacial score (nSPS) is 16.0. The minimum Gasteiger partial charge on any atom is -0.388 e. The number of para-hydroxylation sites is 1. The highest BCUT2D eigenvalue weighted by atomic mass is 16.5. The molecule has 3 N–H and O–H groups in total. The molecular weight excluding hydrogens is 330 g/mol. The van der Waals surface area contributed by atoms with Gasteiger partial charge in [-0.2, -0.15) is 0 Å². The molecule has 26 heavy (non-hydrogen) atoms. The van der Waals surface area contributed by atoms with Gasteiger partial charge in [-0.1, -0.05) is 30.3 Å². The van der Waals surface area contributed by atoms with Crippen molar-refractivity contribution >= 4 is 17.4 Å². The molecule has 1 atom stereocenters. The van der Waals surface area contributed by atoms with Crippen LogP contribution in [-0.4, -0.2) is 48.9 Å². The second kappa shape index (κ2) is 9.33. The van der Waals surface area contributed by atoms with Gasteiger partial charge in [-0.05, 0) is 36.2 Å². The number of carbonyl (C=O) groups is 1. The van der Waals surface area contributed by atoms with Crippen LogP contribution in [0.1, 0.15) is 18.1 Å². The molecule has 0 bridgehead atoms. The number of carbonyl (C=O) groups excluding carboxylic acids is 1. The lowest BCUT2D eigenvalue weighted by molar-refractivity contribution is 0.0300. The third-order valence-electron chi connectivity index (χ3n) is 4.41. The van der Waals surface area contributed by atoms with Crippen LogP contribution in [0, 0.1) is 0 Å². The van der Waals surface area contributed by atoms with Crippen LogP contribution in [0.15, 0.2) is 54.6 Å². The molecule has 0 saturated carbocycles. The second-order valence-corrected chi connectivity index (χ2v) is 6.33. The van der Waals surface area contributed by atoms with Crippen LogP contribution in [-0.2, 0) is 4.74 Å². The summed E-state index contributed by atoms with van der Waals surface area (Å²) in [5, 5.41) is 15.9. The molecule has 0 radical (unpaired) electrons. The highest BCUT2D eigenvalue weighted by Gasteiger charge is 2.14. The van der Waals surface area contributed by atoms with E-state index in [0.29, 0.717) is 12.1 Å². The fourth-order valence-corrected chi connectivity index (χ4v) is 2.90. The maximum Gasteiger partial charge on any atom is 0.323 e. The minimum atomic E-state index is -0.509. The van der Waals surface area contributed by atoms with Gasteiger partial charge in [0, 0.05) is 31.0 Å². The van der Waals surface area contributed by atoms with Gasteiger partial charge >= 0.3 is 6.03 Å². The number of ether oxygens (including phenoxy) is 1. The van der Waals surface area contributed by atoms with Crippen molar-refractivity contribution in [1.82, 2.24) is 4.90 Å². The molecular formula is C20H25N3O3. The summed E-state index contributed by atoms with van der Waals surface area (Å²) >= 11 is 0. The monoisotopic (exact) mass is 355 g/mol. The first-order valence-electron chi connectivity index (χ1n) is 8.92. The van der Waals surface area contributed by atoms with Crippen LogP contribution in [0.25, 0.3) is 0 Å². The van der Waals surface area contributed by atoms with E-state index in [1.165, 1.54) is 0 Å². The molecule has 0 aromatic heterocycles. The SMILES string of the molecule is O=C(Nc1ccccc1)Nc1ccc(C(O)CCN2CCOCC2)cc1. The number of nitrogens with one attached hydrogen (secondary N) is 2. The predicted octanol–water partition coefficient (Wildman–Crippen LogP) is 3.09. The quantitative estimate of drug-likeness (QED) is 0.744. The van der Waals surface area contributed by atoms with Crippen LogP contribution in [0.5, 0.6) is 0 Å². The average molecular weight is 355 g/mol. The molecule has 1 aliphatic rings. The van der Waals surface area contributed by atoms with Crippen molar-refractivity contribution in [2.24, 2.45) is 0 Å². The van der Waals surface area contributed by atoms with Crippen molar-refractivity contribution in [3.05, 3.63) is 60.2 Å².